The van der Waals surface area contributed by atoms with E-state index in [4.69, 9.17) is 23.2 Å². The number of anilines is 2. The van der Waals surface area contributed by atoms with E-state index >= 15 is 0 Å². The number of rotatable bonds is 3. The number of para-hydroxylation sites is 3. The van der Waals surface area contributed by atoms with Crippen molar-refractivity contribution in [3.63, 3.8) is 0 Å². The average molecular weight is 453 g/mol. The number of halogens is 2. The van der Waals surface area contributed by atoms with Gasteiger partial charge in [-0.3, -0.25) is 0 Å². The highest BCUT2D eigenvalue weighted by Gasteiger charge is 2.15. The fraction of sp³-hybridized carbons (Fsp3) is 0. The van der Waals surface area contributed by atoms with E-state index in [2.05, 4.69) is 70.5 Å². The van der Waals surface area contributed by atoms with Crippen LogP contribution in [0.15, 0.2) is 103 Å². The van der Waals surface area contributed by atoms with Crippen molar-refractivity contribution < 1.29 is 0 Å². The van der Waals surface area contributed by atoms with Crippen LogP contribution in [0.3, 0.4) is 0 Å². The number of hydrogen-bond donors (Lipinski definition) is 1. The summed E-state index contributed by atoms with van der Waals surface area (Å²) < 4.78 is 2.25. The maximum atomic E-state index is 6.62. The SMILES string of the molecule is Clc1ccccc1Nc1ccc2cc3c4ccccc4n(-c4ccccc4Cl)c3cc2c1. The van der Waals surface area contributed by atoms with Gasteiger partial charge in [0.2, 0.25) is 0 Å². The van der Waals surface area contributed by atoms with E-state index in [0.29, 0.717) is 5.02 Å². The molecule has 0 radical (unpaired) electrons. The summed E-state index contributed by atoms with van der Waals surface area (Å²) in [5, 5.41) is 9.60. The first-order valence-corrected chi connectivity index (χ1v) is 11.2. The minimum atomic E-state index is 0.696. The second-order valence-corrected chi connectivity index (χ2v) is 8.65. The Kier molecular flexibility index (Phi) is 4.57. The first-order valence-electron chi connectivity index (χ1n) is 10.4. The van der Waals surface area contributed by atoms with Gasteiger partial charge >= 0.3 is 0 Å². The highest BCUT2D eigenvalue weighted by atomic mass is 35.5. The van der Waals surface area contributed by atoms with Crippen LogP contribution < -0.4 is 5.32 Å². The van der Waals surface area contributed by atoms with Crippen LogP contribution in [-0.2, 0) is 0 Å². The fourth-order valence-corrected chi connectivity index (χ4v) is 4.80. The van der Waals surface area contributed by atoms with Crippen LogP contribution in [0.4, 0.5) is 11.4 Å². The van der Waals surface area contributed by atoms with Gasteiger partial charge in [-0.2, -0.15) is 0 Å². The third kappa shape index (κ3) is 3.12. The first kappa shape index (κ1) is 19.2. The predicted molar refractivity (Wildman–Crippen MR) is 138 cm³/mol. The van der Waals surface area contributed by atoms with Gasteiger partial charge in [-0.05, 0) is 65.4 Å². The molecule has 0 aliphatic carbocycles. The zero-order chi connectivity index (χ0) is 21.7. The van der Waals surface area contributed by atoms with Gasteiger partial charge < -0.3 is 9.88 Å². The molecular weight excluding hydrogens is 435 g/mol. The van der Waals surface area contributed by atoms with Crippen molar-refractivity contribution in [2.24, 2.45) is 0 Å². The zero-order valence-corrected chi connectivity index (χ0v) is 18.5. The van der Waals surface area contributed by atoms with Gasteiger partial charge in [-0.25, -0.2) is 0 Å². The highest BCUT2D eigenvalue weighted by molar-refractivity contribution is 6.33. The van der Waals surface area contributed by atoms with Crippen LogP contribution in [0, 0.1) is 0 Å². The molecule has 0 fully saturated rings. The second-order valence-electron chi connectivity index (χ2n) is 7.84. The average Bonchev–Trinajstić information content (AvgIpc) is 3.13. The molecule has 32 heavy (non-hydrogen) atoms. The Bertz CT molecular complexity index is 1630. The maximum Gasteiger partial charge on any atom is 0.0648 e. The molecule has 0 atom stereocenters. The van der Waals surface area contributed by atoms with Gasteiger partial charge in [0.1, 0.15) is 0 Å². The van der Waals surface area contributed by atoms with E-state index in [1.165, 1.54) is 16.2 Å². The van der Waals surface area contributed by atoms with Crippen LogP contribution in [0.2, 0.25) is 10.0 Å². The molecule has 6 rings (SSSR count). The second kappa shape index (κ2) is 7.59. The summed E-state index contributed by atoms with van der Waals surface area (Å²) in [6.45, 7) is 0. The molecule has 0 saturated heterocycles. The summed E-state index contributed by atoms with van der Waals surface area (Å²) in [6, 6.07) is 35.1. The summed E-state index contributed by atoms with van der Waals surface area (Å²) in [4.78, 5) is 0. The Hall–Kier alpha value is -3.46. The Morgan fingerprint density at radius 3 is 2.16 bits per heavy atom. The molecule has 0 unspecified atom stereocenters. The van der Waals surface area contributed by atoms with Crippen LogP contribution >= 0.6 is 23.2 Å². The molecule has 6 aromatic rings. The topological polar surface area (TPSA) is 17.0 Å². The molecule has 5 aromatic carbocycles. The third-order valence-electron chi connectivity index (χ3n) is 5.88. The lowest BCUT2D eigenvalue weighted by molar-refractivity contribution is 1.18. The fourth-order valence-electron chi connectivity index (χ4n) is 4.40. The zero-order valence-electron chi connectivity index (χ0n) is 17.0. The third-order valence-corrected chi connectivity index (χ3v) is 6.53. The summed E-state index contributed by atoms with van der Waals surface area (Å²) in [5.41, 5.74) is 5.12. The van der Waals surface area contributed by atoms with Crippen molar-refractivity contribution in [3.05, 3.63) is 113 Å². The molecular formula is C28H18Cl2N2. The summed E-state index contributed by atoms with van der Waals surface area (Å²) in [6.07, 6.45) is 0. The number of fused-ring (bicyclic) bond motifs is 4. The molecule has 1 aromatic heterocycles. The standard InChI is InChI=1S/C28H18Cl2N2/c29-23-8-2-4-10-25(23)31-20-14-13-18-16-22-21-7-1-5-11-26(21)32(28(22)17-19(18)15-20)27-12-6-3-9-24(27)30/h1-17,31H. The lowest BCUT2D eigenvalue weighted by atomic mass is 10.1. The molecule has 0 bridgehead atoms. The van der Waals surface area contributed by atoms with Crippen LogP contribution in [0.1, 0.15) is 0 Å². The largest absolute Gasteiger partial charge is 0.354 e. The van der Waals surface area contributed by atoms with Crippen molar-refractivity contribution >= 4 is 67.2 Å². The lowest BCUT2D eigenvalue weighted by Gasteiger charge is -2.11. The van der Waals surface area contributed by atoms with E-state index in [9.17, 15) is 0 Å². The van der Waals surface area contributed by atoms with E-state index in [1.807, 2.05) is 42.5 Å². The van der Waals surface area contributed by atoms with Gasteiger partial charge in [0, 0.05) is 16.5 Å². The quantitative estimate of drug-likeness (QED) is 0.283. The number of nitrogens with zero attached hydrogens (tertiary/aromatic N) is 1. The molecule has 154 valence electrons. The Morgan fingerprint density at radius 2 is 1.31 bits per heavy atom. The van der Waals surface area contributed by atoms with E-state index in [-0.39, 0.29) is 0 Å². The molecule has 0 amide bonds. The highest BCUT2D eigenvalue weighted by Crippen LogP contribution is 2.37. The van der Waals surface area contributed by atoms with Crippen LogP contribution in [0.25, 0.3) is 38.3 Å². The number of nitrogens with one attached hydrogen (secondary N) is 1. The molecule has 1 N–H and O–H groups in total. The molecule has 0 saturated carbocycles. The normalized spacial score (nSPS) is 11.4. The van der Waals surface area contributed by atoms with Crippen LogP contribution in [-0.4, -0.2) is 4.57 Å². The number of aromatic nitrogens is 1. The van der Waals surface area contributed by atoms with Crippen molar-refractivity contribution in [1.29, 1.82) is 0 Å². The number of hydrogen-bond acceptors (Lipinski definition) is 1. The Morgan fingerprint density at radius 1 is 0.562 bits per heavy atom. The summed E-state index contributed by atoms with van der Waals surface area (Å²) in [7, 11) is 0. The maximum absolute atomic E-state index is 6.62. The number of benzene rings is 5. The van der Waals surface area contributed by atoms with Gasteiger partial charge in [0.25, 0.3) is 0 Å². The first-order chi connectivity index (χ1) is 15.7. The van der Waals surface area contributed by atoms with E-state index in [0.717, 1.165) is 38.5 Å². The van der Waals surface area contributed by atoms with E-state index < -0.39 is 0 Å². The molecule has 0 aliphatic rings. The van der Waals surface area contributed by atoms with Gasteiger partial charge in [0.05, 0.1) is 32.5 Å². The monoisotopic (exact) mass is 452 g/mol. The Labute approximate surface area is 195 Å². The molecule has 4 heteroatoms. The Balaban J connectivity index is 1.60. The summed E-state index contributed by atoms with van der Waals surface area (Å²) in [5.74, 6) is 0. The molecule has 0 spiro atoms. The van der Waals surface area contributed by atoms with Crippen molar-refractivity contribution in [1.82, 2.24) is 4.57 Å². The minimum absolute atomic E-state index is 0.696. The predicted octanol–water partition coefficient (Wildman–Crippen LogP) is 8.99. The van der Waals surface area contributed by atoms with Crippen molar-refractivity contribution in [2.45, 2.75) is 0 Å². The molecule has 0 aliphatic heterocycles. The van der Waals surface area contributed by atoms with Gasteiger partial charge in [0.15, 0.2) is 0 Å². The van der Waals surface area contributed by atoms with Crippen molar-refractivity contribution in [3.8, 4) is 5.69 Å². The van der Waals surface area contributed by atoms with Crippen LogP contribution in [0.5, 0.6) is 0 Å². The molecule has 2 nitrogen and oxygen atoms in total. The molecule has 1 heterocycles. The minimum Gasteiger partial charge on any atom is -0.354 e. The van der Waals surface area contributed by atoms with Gasteiger partial charge in [-0.1, -0.05) is 71.7 Å². The smallest absolute Gasteiger partial charge is 0.0648 e. The van der Waals surface area contributed by atoms with Crippen molar-refractivity contribution in [2.75, 3.05) is 5.32 Å². The summed E-state index contributed by atoms with van der Waals surface area (Å²) >= 11 is 13.0. The van der Waals surface area contributed by atoms with E-state index in [1.54, 1.807) is 0 Å². The lowest BCUT2D eigenvalue weighted by Crippen LogP contribution is -1.95. The van der Waals surface area contributed by atoms with Gasteiger partial charge in [-0.15, -0.1) is 0 Å².